The van der Waals surface area contributed by atoms with Gasteiger partial charge in [-0.05, 0) is 45.0 Å². The highest BCUT2D eigenvalue weighted by molar-refractivity contribution is 7.98. The lowest BCUT2D eigenvalue weighted by atomic mass is 10.00. The van der Waals surface area contributed by atoms with Gasteiger partial charge in [-0.3, -0.25) is 0 Å². The SMILES string of the molecule is CCNCC1CCCN(S(=O)(=O)NC(C)CSC)C1. The van der Waals surface area contributed by atoms with Crippen LogP contribution in [0.15, 0.2) is 0 Å². The Balaban J connectivity index is 2.52. The average molecular weight is 310 g/mol. The van der Waals surface area contributed by atoms with E-state index in [0.717, 1.165) is 31.7 Å². The van der Waals surface area contributed by atoms with Gasteiger partial charge in [0.05, 0.1) is 0 Å². The molecule has 0 aliphatic carbocycles. The van der Waals surface area contributed by atoms with Crippen LogP contribution in [0.25, 0.3) is 0 Å². The zero-order chi connectivity index (χ0) is 14.3. The van der Waals surface area contributed by atoms with E-state index in [1.807, 2.05) is 13.2 Å². The fraction of sp³-hybridized carbons (Fsp3) is 1.00. The Hall–Kier alpha value is 0.180. The van der Waals surface area contributed by atoms with Crippen LogP contribution in [0.5, 0.6) is 0 Å². The van der Waals surface area contributed by atoms with Crippen molar-refractivity contribution in [2.24, 2.45) is 5.92 Å². The molecule has 0 saturated carbocycles. The van der Waals surface area contributed by atoms with E-state index >= 15 is 0 Å². The van der Waals surface area contributed by atoms with E-state index in [0.29, 0.717) is 19.0 Å². The molecule has 7 heteroatoms. The van der Waals surface area contributed by atoms with Gasteiger partial charge in [0.1, 0.15) is 0 Å². The molecule has 0 amide bonds. The first kappa shape index (κ1) is 17.2. The summed E-state index contributed by atoms with van der Waals surface area (Å²) >= 11 is 1.65. The van der Waals surface area contributed by atoms with E-state index in [2.05, 4.69) is 17.0 Å². The molecule has 0 radical (unpaired) electrons. The molecule has 0 aromatic carbocycles. The lowest BCUT2D eigenvalue weighted by Gasteiger charge is -2.32. The Bertz CT molecular complexity index is 349. The summed E-state index contributed by atoms with van der Waals surface area (Å²) < 4.78 is 28.9. The molecule has 0 bridgehead atoms. The van der Waals surface area contributed by atoms with Gasteiger partial charge in [0, 0.05) is 24.9 Å². The molecule has 1 rings (SSSR count). The molecule has 114 valence electrons. The molecule has 0 aromatic heterocycles. The number of nitrogens with one attached hydrogen (secondary N) is 2. The molecule has 1 aliphatic heterocycles. The first-order valence-corrected chi connectivity index (χ1v) is 9.80. The largest absolute Gasteiger partial charge is 0.317 e. The van der Waals surface area contributed by atoms with Crippen molar-refractivity contribution in [2.75, 3.05) is 38.2 Å². The van der Waals surface area contributed by atoms with Crippen molar-refractivity contribution in [1.82, 2.24) is 14.3 Å². The number of rotatable bonds is 8. The van der Waals surface area contributed by atoms with Crippen molar-refractivity contribution in [3.05, 3.63) is 0 Å². The van der Waals surface area contributed by atoms with Crippen LogP contribution >= 0.6 is 11.8 Å². The van der Waals surface area contributed by atoms with Gasteiger partial charge >= 0.3 is 0 Å². The van der Waals surface area contributed by atoms with Crippen molar-refractivity contribution >= 4 is 22.0 Å². The predicted molar refractivity (Wildman–Crippen MR) is 82.7 cm³/mol. The van der Waals surface area contributed by atoms with Gasteiger partial charge in [0.2, 0.25) is 0 Å². The van der Waals surface area contributed by atoms with E-state index in [9.17, 15) is 8.42 Å². The molecule has 2 N–H and O–H groups in total. The molecule has 2 atom stereocenters. The summed E-state index contributed by atoms with van der Waals surface area (Å²) in [5.41, 5.74) is 0. The van der Waals surface area contributed by atoms with Gasteiger partial charge in [-0.1, -0.05) is 6.92 Å². The van der Waals surface area contributed by atoms with Crippen molar-refractivity contribution in [2.45, 2.75) is 32.7 Å². The Kier molecular flexibility index (Phi) is 7.68. The number of thioether (sulfide) groups is 1. The second kappa shape index (κ2) is 8.46. The summed E-state index contributed by atoms with van der Waals surface area (Å²) in [6.45, 7) is 7.10. The molecular weight excluding hydrogens is 282 g/mol. The van der Waals surface area contributed by atoms with E-state index in [1.165, 1.54) is 0 Å². The number of piperidine rings is 1. The first-order valence-electron chi connectivity index (χ1n) is 6.96. The molecule has 1 aliphatic rings. The van der Waals surface area contributed by atoms with Crippen molar-refractivity contribution in [3.63, 3.8) is 0 Å². The maximum atomic E-state index is 12.3. The van der Waals surface area contributed by atoms with Gasteiger partial charge < -0.3 is 5.32 Å². The Morgan fingerprint density at radius 2 is 2.21 bits per heavy atom. The summed E-state index contributed by atoms with van der Waals surface area (Å²) in [5.74, 6) is 1.23. The van der Waals surface area contributed by atoms with Crippen molar-refractivity contribution in [3.8, 4) is 0 Å². The number of hydrogen-bond acceptors (Lipinski definition) is 4. The highest BCUT2D eigenvalue weighted by Gasteiger charge is 2.29. The lowest BCUT2D eigenvalue weighted by Crippen LogP contribution is -2.50. The molecule has 2 unspecified atom stereocenters. The second-order valence-corrected chi connectivity index (χ2v) is 7.77. The number of nitrogens with zero attached hydrogens (tertiary/aromatic N) is 1. The van der Waals surface area contributed by atoms with Gasteiger partial charge in [-0.25, -0.2) is 0 Å². The molecule has 1 heterocycles. The van der Waals surface area contributed by atoms with E-state index in [-0.39, 0.29) is 6.04 Å². The highest BCUT2D eigenvalue weighted by Crippen LogP contribution is 2.18. The Morgan fingerprint density at radius 3 is 2.84 bits per heavy atom. The van der Waals surface area contributed by atoms with Crippen LogP contribution in [-0.2, 0) is 10.2 Å². The smallest absolute Gasteiger partial charge is 0.279 e. The fourth-order valence-electron chi connectivity index (χ4n) is 2.37. The Labute approximate surface area is 122 Å². The van der Waals surface area contributed by atoms with Gasteiger partial charge in [-0.15, -0.1) is 0 Å². The standard InChI is InChI=1S/C12H27N3O2S2/c1-4-13-8-12-6-5-7-15(9-12)19(16,17)14-11(2)10-18-3/h11-14H,4-10H2,1-3H3. The molecule has 1 fully saturated rings. The minimum absolute atomic E-state index is 0.0193. The van der Waals surface area contributed by atoms with E-state index < -0.39 is 10.2 Å². The highest BCUT2D eigenvalue weighted by atomic mass is 32.2. The van der Waals surface area contributed by atoms with Crippen molar-refractivity contribution in [1.29, 1.82) is 0 Å². The van der Waals surface area contributed by atoms with Crippen LogP contribution < -0.4 is 10.0 Å². The summed E-state index contributed by atoms with van der Waals surface area (Å²) in [4.78, 5) is 0. The zero-order valence-corrected chi connectivity index (χ0v) is 13.8. The molecule has 0 aromatic rings. The normalized spacial score (nSPS) is 23.4. The monoisotopic (exact) mass is 309 g/mol. The topological polar surface area (TPSA) is 61.4 Å². The number of hydrogen-bond donors (Lipinski definition) is 2. The summed E-state index contributed by atoms with van der Waals surface area (Å²) in [5, 5.41) is 3.31. The second-order valence-electron chi connectivity index (χ2n) is 5.15. The zero-order valence-electron chi connectivity index (χ0n) is 12.2. The third-order valence-corrected chi connectivity index (χ3v) is 5.82. The van der Waals surface area contributed by atoms with Crippen molar-refractivity contribution < 1.29 is 8.42 Å². The summed E-state index contributed by atoms with van der Waals surface area (Å²) in [6.07, 6.45) is 4.05. The van der Waals surface area contributed by atoms with Gasteiger partial charge in [-0.2, -0.15) is 29.2 Å². The first-order chi connectivity index (χ1) is 8.99. The van der Waals surface area contributed by atoms with Gasteiger partial charge in [0.25, 0.3) is 10.2 Å². The van der Waals surface area contributed by atoms with Crippen LogP contribution in [0.1, 0.15) is 26.7 Å². The maximum absolute atomic E-state index is 12.3. The predicted octanol–water partition coefficient (Wildman–Crippen LogP) is 0.894. The van der Waals surface area contributed by atoms with Gasteiger partial charge in [0.15, 0.2) is 0 Å². The molecule has 0 spiro atoms. The molecule has 19 heavy (non-hydrogen) atoms. The average Bonchev–Trinajstić information content (AvgIpc) is 2.36. The summed E-state index contributed by atoms with van der Waals surface area (Å²) in [7, 11) is -3.32. The minimum Gasteiger partial charge on any atom is -0.317 e. The van der Waals surface area contributed by atoms with Crippen LogP contribution in [0.4, 0.5) is 0 Å². The van der Waals surface area contributed by atoms with Crippen LogP contribution in [0, 0.1) is 5.92 Å². The molecule has 1 saturated heterocycles. The van der Waals surface area contributed by atoms with E-state index in [4.69, 9.17) is 0 Å². The third kappa shape index (κ3) is 5.99. The van der Waals surface area contributed by atoms with Crippen LogP contribution in [0.2, 0.25) is 0 Å². The quantitative estimate of drug-likeness (QED) is 0.699. The lowest BCUT2D eigenvalue weighted by molar-refractivity contribution is 0.258. The fourth-order valence-corrected chi connectivity index (χ4v) is 4.58. The molecular formula is C12H27N3O2S2. The maximum Gasteiger partial charge on any atom is 0.279 e. The minimum atomic E-state index is -3.32. The summed E-state index contributed by atoms with van der Waals surface area (Å²) in [6, 6.07) is -0.0193. The molecule has 5 nitrogen and oxygen atoms in total. The third-order valence-electron chi connectivity index (χ3n) is 3.27. The Morgan fingerprint density at radius 1 is 1.47 bits per heavy atom. The van der Waals surface area contributed by atoms with Crippen LogP contribution in [0.3, 0.4) is 0 Å². The van der Waals surface area contributed by atoms with E-state index in [1.54, 1.807) is 16.1 Å². The van der Waals surface area contributed by atoms with Crippen LogP contribution in [-0.4, -0.2) is 57.0 Å².